The van der Waals surface area contributed by atoms with E-state index in [0.29, 0.717) is 24.8 Å². The molecule has 0 saturated carbocycles. The van der Waals surface area contributed by atoms with E-state index in [0.717, 1.165) is 0 Å². The van der Waals surface area contributed by atoms with Crippen molar-refractivity contribution in [2.75, 3.05) is 32.0 Å². The molecule has 0 heterocycles. The molecule has 0 aliphatic rings. The highest BCUT2D eigenvalue weighted by atomic mass is 32.1. The van der Waals surface area contributed by atoms with E-state index in [1.54, 1.807) is 106 Å². The van der Waals surface area contributed by atoms with E-state index in [1.807, 2.05) is 0 Å². The Labute approximate surface area is 821 Å². The van der Waals surface area contributed by atoms with E-state index < -0.39 is 296 Å². The number of thiol groups is 1. The largest absolute Gasteiger partial charge is 0.481 e. The highest BCUT2D eigenvalue weighted by Crippen LogP contribution is 2.19. The lowest BCUT2D eigenvalue weighted by Crippen LogP contribution is -2.62. The Morgan fingerprint density at radius 2 is 0.729 bits per heavy atom. The van der Waals surface area contributed by atoms with Crippen molar-refractivity contribution < 1.29 is 126 Å². The molecule has 0 aliphatic heterocycles. The van der Waals surface area contributed by atoms with Crippen LogP contribution in [-0.4, -0.2) is 285 Å². The maximum atomic E-state index is 14.6. The number of nitrogens with two attached hydrogens (primary N) is 3. The van der Waals surface area contributed by atoms with Gasteiger partial charge in [-0.05, 0) is 132 Å². The zero-order valence-electron chi connectivity index (χ0n) is 82.7. The second-order valence-corrected chi connectivity index (χ2v) is 36.8. The molecule has 0 saturated heterocycles. The third kappa shape index (κ3) is 49.7. The molecule has 0 bridgehead atoms. The van der Waals surface area contributed by atoms with Crippen LogP contribution in [0, 0.1) is 40.9 Å². The number of hydrogen-bond donors (Lipinski definition) is 27. The quantitative estimate of drug-likeness (QED) is 0.0129. The fraction of sp³-hybridized carbons (Fsp3) is 0.681. The Balaban J connectivity index is 3.66. The van der Waals surface area contributed by atoms with Gasteiger partial charge in [0, 0.05) is 44.9 Å². The first-order chi connectivity index (χ1) is 65.6. The Hall–Kier alpha value is -12.7. The number of aliphatic carboxylic acids is 3. The van der Waals surface area contributed by atoms with Crippen molar-refractivity contribution in [1.82, 2.24) is 95.7 Å². The number of amides is 18. The number of rotatable bonds is 70. The van der Waals surface area contributed by atoms with Crippen LogP contribution in [0.3, 0.4) is 0 Å². The number of carbonyl (C=O) groups excluding carboxylic acids is 19. The van der Waals surface area contributed by atoms with Crippen molar-refractivity contribution in [2.24, 2.45) is 52.7 Å². The highest BCUT2D eigenvalue weighted by Gasteiger charge is 2.41. The molecule has 49 heteroatoms. The molecule has 0 aliphatic carbocycles. The molecule has 1 rings (SSSR count). The smallest absolute Gasteiger partial charge is 0.305 e. The minimum atomic E-state index is -1.90. The Kier molecular flexibility index (Phi) is 59.1. The van der Waals surface area contributed by atoms with E-state index in [-0.39, 0.29) is 113 Å². The van der Waals surface area contributed by atoms with Crippen LogP contribution in [0.15, 0.2) is 30.3 Å². The van der Waals surface area contributed by atoms with Gasteiger partial charge in [0.15, 0.2) is 11.7 Å². The van der Waals surface area contributed by atoms with E-state index in [4.69, 9.17) is 22.6 Å². The summed E-state index contributed by atoms with van der Waals surface area (Å²) in [6, 6.07) is -16.9. The van der Waals surface area contributed by atoms with E-state index >= 15 is 0 Å². The van der Waals surface area contributed by atoms with Crippen molar-refractivity contribution in [2.45, 2.75) is 329 Å². The van der Waals surface area contributed by atoms with Crippen LogP contribution < -0.4 is 113 Å². The lowest BCUT2D eigenvalue weighted by atomic mass is 9.96. The van der Waals surface area contributed by atoms with Gasteiger partial charge in [-0.15, -0.1) is 0 Å². The van der Waals surface area contributed by atoms with Gasteiger partial charge in [0.05, 0.1) is 32.0 Å². The molecule has 0 aromatic heterocycles. The fourth-order valence-electron chi connectivity index (χ4n) is 14.2. The number of guanidine groups is 1. The summed E-state index contributed by atoms with van der Waals surface area (Å²) in [7, 11) is 0. The zero-order chi connectivity index (χ0) is 106. The molecular formula is C91H152N22O26S. The molecule has 0 spiro atoms. The van der Waals surface area contributed by atoms with Crippen molar-refractivity contribution >= 4 is 149 Å². The average molecular weight is 2000 g/mol. The van der Waals surface area contributed by atoms with Crippen molar-refractivity contribution in [3.05, 3.63) is 35.9 Å². The monoisotopic (exact) mass is 2000 g/mol. The van der Waals surface area contributed by atoms with Gasteiger partial charge in [0.1, 0.15) is 90.6 Å². The predicted molar refractivity (Wildman–Crippen MR) is 515 cm³/mol. The van der Waals surface area contributed by atoms with Crippen LogP contribution in [0.4, 0.5) is 0 Å². The van der Waals surface area contributed by atoms with E-state index in [1.165, 1.54) is 27.7 Å². The number of hydrogen-bond acceptors (Lipinski definition) is 26. The summed E-state index contributed by atoms with van der Waals surface area (Å²) in [5, 5.41) is 92.3. The topological polar surface area (TPSA) is 775 Å². The summed E-state index contributed by atoms with van der Waals surface area (Å²) in [6.45, 7) is 22.6. The number of Topliss-reactive ketones (excluding diaryl/α,β-unsaturated/α-hetero) is 1. The van der Waals surface area contributed by atoms with Gasteiger partial charge in [-0.25, -0.2) is 0 Å². The first kappa shape index (κ1) is 125. The number of carboxylic acid groups (broad SMARTS) is 3. The molecule has 1 aromatic rings. The van der Waals surface area contributed by atoms with Crippen LogP contribution in [0.1, 0.15) is 231 Å². The second kappa shape index (κ2) is 66.0. The zero-order valence-corrected chi connectivity index (χ0v) is 83.6. The number of carboxylic acids is 3. The summed E-state index contributed by atoms with van der Waals surface area (Å²) in [5.74, 6) is -26.8. The number of nitrogens with one attached hydrogen (secondary N) is 19. The second-order valence-electron chi connectivity index (χ2n) is 36.4. The van der Waals surface area contributed by atoms with Crippen molar-refractivity contribution in [3.8, 4) is 0 Å². The van der Waals surface area contributed by atoms with Gasteiger partial charge in [0.25, 0.3) is 0 Å². The molecule has 18 amide bonds. The number of ketones is 1. The van der Waals surface area contributed by atoms with Crippen LogP contribution in [0.25, 0.3) is 0 Å². The number of aliphatic hydroxyl groups excluding tert-OH is 1. The number of aliphatic hydroxyl groups is 1. The van der Waals surface area contributed by atoms with Crippen LogP contribution in [-0.2, 0) is 112 Å². The van der Waals surface area contributed by atoms with Gasteiger partial charge in [-0.3, -0.25) is 111 Å². The highest BCUT2D eigenvalue weighted by molar-refractivity contribution is 7.80. The van der Waals surface area contributed by atoms with E-state index in [9.17, 15) is 126 Å². The number of primary amides is 1. The Bertz CT molecular complexity index is 4340. The first-order valence-corrected chi connectivity index (χ1v) is 47.9. The lowest BCUT2D eigenvalue weighted by Gasteiger charge is -2.30. The molecule has 0 unspecified atom stereocenters. The molecule has 0 fully saturated rings. The molecule has 29 N–H and O–H groups in total. The SMILES string of the molecule is CCCC(=O)[C@H](CC(C)C)NC(=O)[C@H](CC(=O)O)NC(=O)[C@@H](NC(=O)[C@H](CCC(=O)O)NC(=O)[C@H](CCC(=O)O)NC(=O)[C@@H](NC(=O)[C@H](CO)NC(=O)[C@H](CC(C)C)NC(=O)[C@H](CC(C)C)NC(=O)[C@H](CC(C)C)NC(=O)[C@H](CS)NC(=O)[C@H](CC(N)=O)NC(=O)[C@H](Cc1ccccc1)NC(=O)CNC(=O)[C@H](CCCNC(=N)N)NC(=O)[C@H](CCCCN)NC(=O)[C@H](C)NC(C)=O)[C@@H](C)CC)[C@@H](C)CC. The molecule has 1 aromatic carbocycles. The van der Waals surface area contributed by atoms with Crippen molar-refractivity contribution in [1.29, 1.82) is 5.41 Å². The molecular weight excluding hydrogens is 1850 g/mol. The van der Waals surface area contributed by atoms with Gasteiger partial charge < -0.3 is 133 Å². The first-order valence-electron chi connectivity index (χ1n) is 47.3. The predicted octanol–water partition coefficient (Wildman–Crippen LogP) is -3.82. The summed E-state index contributed by atoms with van der Waals surface area (Å²) >= 11 is 4.30. The number of benzene rings is 1. The Morgan fingerprint density at radius 1 is 0.371 bits per heavy atom. The standard InChI is InChI=1S/C91H152N22O26S/c1-16-25-68(116)59(36-46(4)5)104-86(135)65(42-73(123)124)109-90(139)75(51(13)18-3)112-80(129)58(31-33-72(121)122)102-79(128)57(30-32-71(119)120)103-89(138)74(50(12)17-2)113-87(136)66(44-114)110-83(132)62(39-49(10)11)106-81(130)60(37-47(6)7)105-82(131)61(38-48(8)9)107-88(137)67(45-140)111-85(134)64(41-69(93)117)108-84(133)63(40-54-26-20-19-21-27-54)99-70(118)43-97-77(126)55(29-24-35-96-91(94)95)101-78(127)56(28-22-23-34-92)100-76(125)52(14)98-53(15)115/h19-21,26-27,46-52,55-67,74-75,114,140H,16-18,22-25,28-45,92H2,1-15H3,(H2,93,117)(H,97,126)(H,98,115)(H,99,118)(H,100,125)(H,101,127)(H,102,128)(H,103,138)(H,104,135)(H,105,131)(H,106,130)(H,107,137)(H,108,133)(H,109,139)(H,110,132)(H,111,134)(H,112,129)(H,113,136)(H,119,120)(H,121,122)(H,123,124)(H4,94,95,96)/t50-,51-,52-,55-,56-,57-,58-,59-,60-,61-,62-,63-,64-,65-,66-,67-,74-,75-/m0/s1. The third-order valence-electron chi connectivity index (χ3n) is 22.1. The van der Waals surface area contributed by atoms with E-state index in [2.05, 4.69) is 108 Å². The Morgan fingerprint density at radius 3 is 1.14 bits per heavy atom. The summed E-state index contributed by atoms with van der Waals surface area (Å²) in [4.78, 5) is 301. The third-order valence-corrected chi connectivity index (χ3v) is 22.5. The minimum absolute atomic E-state index is 0.0654. The number of carbonyl (C=O) groups is 22. The maximum Gasteiger partial charge on any atom is 0.305 e. The fourth-order valence-corrected chi connectivity index (χ4v) is 14.5. The summed E-state index contributed by atoms with van der Waals surface area (Å²) in [6.07, 6.45) is -3.63. The lowest BCUT2D eigenvalue weighted by molar-refractivity contribution is -0.142. The molecule has 0 radical (unpaired) electrons. The van der Waals surface area contributed by atoms with Gasteiger partial charge in [0.2, 0.25) is 106 Å². The van der Waals surface area contributed by atoms with Gasteiger partial charge >= 0.3 is 17.9 Å². The summed E-state index contributed by atoms with van der Waals surface area (Å²) in [5.41, 5.74) is 17.2. The minimum Gasteiger partial charge on any atom is -0.481 e. The van der Waals surface area contributed by atoms with Crippen LogP contribution in [0.2, 0.25) is 0 Å². The molecule has 18 atom stereocenters. The van der Waals surface area contributed by atoms with Gasteiger partial charge in [-0.2, -0.15) is 12.6 Å². The molecule has 48 nitrogen and oxygen atoms in total. The van der Waals surface area contributed by atoms with Crippen LogP contribution >= 0.6 is 12.6 Å². The summed E-state index contributed by atoms with van der Waals surface area (Å²) < 4.78 is 0. The molecule has 140 heavy (non-hydrogen) atoms. The number of unbranched alkanes of at least 4 members (excludes halogenated alkanes) is 1. The van der Waals surface area contributed by atoms with Crippen molar-refractivity contribution in [3.63, 3.8) is 0 Å². The average Bonchev–Trinajstić information content (AvgIpc) is 0.845. The maximum absolute atomic E-state index is 14.6. The van der Waals surface area contributed by atoms with Crippen LogP contribution in [0.5, 0.6) is 0 Å². The van der Waals surface area contributed by atoms with Gasteiger partial charge in [-0.1, -0.05) is 133 Å². The molecule has 788 valence electrons. The normalized spacial score (nSPS) is 15.0.